The Morgan fingerprint density at radius 1 is 1.10 bits per heavy atom. The Hall–Kier alpha value is -2.86. The van der Waals surface area contributed by atoms with Crippen LogP contribution in [0.5, 0.6) is 5.75 Å². The van der Waals surface area contributed by atoms with Gasteiger partial charge in [0.25, 0.3) is 0 Å². The van der Waals surface area contributed by atoms with Crippen molar-refractivity contribution in [2.75, 3.05) is 39.8 Å². The van der Waals surface area contributed by atoms with Crippen LogP contribution >= 0.6 is 0 Å². The summed E-state index contributed by atoms with van der Waals surface area (Å²) in [5.74, 6) is 0.664. The number of benzene rings is 2. The largest absolute Gasteiger partial charge is 0.496 e. The van der Waals surface area contributed by atoms with Crippen molar-refractivity contribution in [2.45, 2.75) is 26.2 Å². The Morgan fingerprint density at radius 2 is 1.81 bits per heavy atom. The van der Waals surface area contributed by atoms with Gasteiger partial charge >= 0.3 is 0 Å². The molecule has 2 N–H and O–H groups in total. The van der Waals surface area contributed by atoms with E-state index in [1.807, 2.05) is 46.2 Å². The van der Waals surface area contributed by atoms with Crippen molar-refractivity contribution < 1.29 is 14.3 Å². The monoisotopic (exact) mass is 423 g/mol. The van der Waals surface area contributed by atoms with E-state index in [-0.39, 0.29) is 17.7 Å². The van der Waals surface area contributed by atoms with Gasteiger partial charge in [0, 0.05) is 44.7 Å². The second-order valence-electron chi connectivity index (χ2n) is 7.96. The first-order chi connectivity index (χ1) is 15.1. The molecular formula is C25H33N3O3. The van der Waals surface area contributed by atoms with Crippen LogP contribution in [0.3, 0.4) is 0 Å². The standard InChI is InChI=1S/C25H33N3O3/c1-3-14-27-15-16-28(24(29)12-13-26)18-20(25(27)30)17-19-8-4-5-9-21(19)22-10-6-7-11-23(22)31-2/h4-11,20H,3,12-18,26H2,1-2H3/t20-/m1/s1. The van der Waals surface area contributed by atoms with Gasteiger partial charge in [-0.2, -0.15) is 0 Å². The molecule has 0 saturated carbocycles. The minimum atomic E-state index is -0.286. The fraction of sp³-hybridized carbons (Fsp3) is 0.440. The molecule has 2 aromatic rings. The Balaban J connectivity index is 1.93. The van der Waals surface area contributed by atoms with Gasteiger partial charge in [-0.25, -0.2) is 0 Å². The van der Waals surface area contributed by atoms with Gasteiger partial charge in [0.05, 0.1) is 13.0 Å². The van der Waals surface area contributed by atoms with Gasteiger partial charge in [-0.3, -0.25) is 9.59 Å². The lowest BCUT2D eigenvalue weighted by atomic mass is 9.91. The fourth-order valence-electron chi connectivity index (χ4n) is 4.29. The highest BCUT2D eigenvalue weighted by Crippen LogP contribution is 2.33. The third kappa shape index (κ3) is 5.44. The summed E-state index contributed by atoms with van der Waals surface area (Å²) in [4.78, 5) is 29.7. The van der Waals surface area contributed by atoms with Gasteiger partial charge in [0.15, 0.2) is 0 Å². The Kier molecular flexibility index (Phi) is 8.06. The van der Waals surface area contributed by atoms with Crippen molar-refractivity contribution in [3.05, 3.63) is 54.1 Å². The lowest BCUT2D eigenvalue weighted by Crippen LogP contribution is -2.38. The number of para-hydroxylation sites is 1. The number of methoxy groups -OCH3 is 1. The fourth-order valence-corrected chi connectivity index (χ4v) is 4.29. The molecule has 1 atom stereocenters. The van der Waals surface area contributed by atoms with Crippen molar-refractivity contribution >= 4 is 11.8 Å². The predicted octanol–water partition coefficient (Wildman–Crippen LogP) is 2.95. The van der Waals surface area contributed by atoms with Crippen molar-refractivity contribution in [3.8, 4) is 16.9 Å². The minimum Gasteiger partial charge on any atom is -0.496 e. The van der Waals surface area contributed by atoms with Crippen molar-refractivity contribution in [3.63, 3.8) is 0 Å². The van der Waals surface area contributed by atoms with Crippen LogP contribution in [0.4, 0.5) is 0 Å². The van der Waals surface area contributed by atoms with Gasteiger partial charge in [-0.15, -0.1) is 0 Å². The van der Waals surface area contributed by atoms with E-state index in [1.54, 1.807) is 7.11 Å². The molecule has 1 heterocycles. The average Bonchev–Trinajstić information content (AvgIpc) is 2.94. The topological polar surface area (TPSA) is 75.9 Å². The quantitative estimate of drug-likeness (QED) is 0.708. The molecule has 3 rings (SSSR count). The van der Waals surface area contributed by atoms with Crippen LogP contribution in [0, 0.1) is 5.92 Å². The van der Waals surface area contributed by atoms with Crippen LogP contribution in [0.15, 0.2) is 48.5 Å². The van der Waals surface area contributed by atoms with Crippen LogP contribution in [0.25, 0.3) is 11.1 Å². The molecule has 0 bridgehead atoms. The average molecular weight is 424 g/mol. The molecule has 31 heavy (non-hydrogen) atoms. The van der Waals surface area contributed by atoms with Gasteiger partial charge in [0.1, 0.15) is 5.75 Å². The third-order valence-electron chi connectivity index (χ3n) is 5.83. The first kappa shape index (κ1) is 22.8. The molecule has 0 spiro atoms. The van der Waals surface area contributed by atoms with E-state index in [0.29, 0.717) is 45.6 Å². The second-order valence-corrected chi connectivity index (χ2v) is 7.96. The highest BCUT2D eigenvalue weighted by molar-refractivity contribution is 5.83. The maximum atomic E-state index is 13.4. The molecule has 2 aromatic carbocycles. The molecule has 1 aliphatic rings. The number of nitrogens with two attached hydrogens (primary N) is 1. The van der Waals surface area contributed by atoms with Crippen LogP contribution in [0.1, 0.15) is 25.3 Å². The van der Waals surface area contributed by atoms with Gasteiger partial charge in [0.2, 0.25) is 11.8 Å². The zero-order valence-electron chi connectivity index (χ0n) is 18.5. The lowest BCUT2D eigenvalue weighted by molar-refractivity contribution is -0.135. The van der Waals surface area contributed by atoms with Gasteiger partial charge in [-0.1, -0.05) is 49.4 Å². The number of nitrogens with zero attached hydrogens (tertiary/aromatic N) is 2. The van der Waals surface area contributed by atoms with Crippen LogP contribution < -0.4 is 10.5 Å². The number of carbonyl (C=O) groups excluding carboxylic acids is 2. The smallest absolute Gasteiger partial charge is 0.227 e. The molecule has 0 aromatic heterocycles. The second kappa shape index (κ2) is 11.0. The molecule has 1 fully saturated rings. The number of hydrogen-bond donors (Lipinski definition) is 1. The van der Waals surface area contributed by atoms with Crippen LogP contribution in [-0.4, -0.2) is 61.4 Å². The maximum absolute atomic E-state index is 13.4. The molecule has 0 unspecified atom stereocenters. The van der Waals surface area contributed by atoms with Crippen LogP contribution in [0.2, 0.25) is 0 Å². The van der Waals surface area contributed by atoms with Crippen molar-refractivity contribution in [1.29, 1.82) is 0 Å². The number of ether oxygens (including phenoxy) is 1. The summed E-state index contributed by atoms with van der Waals surface area (Å²) in [6, 6.07) is 16.0. The normalized spacial score (nSPS) is 16.9. The molecular weight excluding hydrogens is 390 g/mol. The summed E-state index contributed by atoms with van der Waals surface area (Å²) in [5.41, 5.74) is 8.75. The summed E-state index contributed by atoms with van der Waals surface area (Å²) < 4.78 is 5.57. The van der Waals surface area contributed by atoms with E-state index in [1.165, 1.54) is 0 Å². The zero-order valence-corrected chi connectivity index (χ0v) is 18.5. The van der Waals surface area contributed by atoms with E-state index in [4.69, 9.17) is 10.5 Å². The molecule has 0 aliphatic carbocycles. The molecule has 1 saturated heterocycles. The maximum Gasteiger partial charge on any atom is 0.227 e. The number of hydrogen-bond acceptors (Lipinski definition) is 4. The first-order valence-electron chi connectivity index (χ1n) is 11.1. The Morgan fingerprint density at radius 3 is 2.52 bits per heavy atom. The summed E-state index contributed by atoms with van der Waals surface area (Å²) in [6.45, 7) is 4.67. The molecule has 2 amide bonds. The van der Waals surface area contributed by atoms with E-state index in [0.717, 1.165) is 28.9 Å². The van der Waals surface area contributed by atoms with E-state index < -0.39 is 0 Å². The Bertz CT molecular complexity index is 899. The molecule has 166 valence electrons. The van der Waals surface area contributed by atoms with E-state index in [2.05, 4.69) is 19.1 Å². The van der Waals surface area contributed by atoms with Gasteiger partial charge < -0.3 is 20.3 Å². The third-order valence-corrected chi connectivity index (χ3v) is 5.83. The van der Waals surface area contributed by atoms with Crippen molar-refractivity contribution in [1.82, 2.24) is 9.80 Å². The summed E-state index contributed by atoms with van der Waals surface area (Å²) in [5, 5.41) is 0. The van der Waals surface area contributed by atoms with E-state index >= 15 is 0 Å². The molecule has 6 nitrogen and oxygen atoms in total. The molecule has 6 heteroatoms. The highest BCUT2D eigenvalue weighted by Gasteiger charge is 2.32. The minimum absolute atomic E-state index is 0.0247. The predicted molar refractivity (Wildman–Crippen MR) is 123 cm³/mol. The SMILES string of the molecule is CCCN1CCN(C(=O)CCN)C[C@@H](Cc2ccccc2-c2ccccc2OC)C1=O. The zero-order chi connectivity index (χ0) is 22.2. The lowest BCUT2D eigenvalue weighted by Gasteiger charge is -2.25. The molecule has 1 aliphatic heterocycles. The van der Waals surface area contributed by atoms with E-state index in [9.17, 15) is 9.59 Å². The number of amides is 2. The first-order valence-corrected chi connectivity index (χ1v) is 11.1. The number of rotatable bonds is 8. The van der Waals surface area contributed by atoms with Crippen molar-refractivity contribution in [2.24, 2.45) is 11.7 Å². The number of carbonyl (C=O) groups is 2. The summed E-state index contributed by atoms with van der Waals surface area (Å²) in [7, 11) is 1.67. The summed E-state index contributed by atoms with van der Waals surface area (Å²) in [6.07, 6.45) is 1.78. The summed E-state index contributed by atoms with van der Waals surface area (Å²) >= 11 is 0. The highest BCUT2D eigenvalue weighted by atomic mass is 16.5. The molecule has 0 radical (unpaired) electrons. The van der Waals surface area contributed by atoms with Gasteiger partial charge in [-0.05, 0) is 30.0 Å². The van der Waals surface area contributed by atoms with Crippen LogP contribution in [-0.2, 0) is 16.0 Å². The Labute approximate surface area is 185 Å².